The molecular weight excluding hydrogens is 290 g/mol. The average molecular weight is 311 g/mol. The lowest BCUT2D eigenvalue weighted by atomic mass is 10.0. The minimum atomic E-state index is -1.15. The number of hydrogen-bond donors (Lipinski definition) is 3. The summed E-state index contributed by atoms with van der Waals surface area (Å²) in [6, 6.07) is 0.623. The molecule has 0 aliphatic carbocycles. The zero-order chi connectivity index (χ0) is 17.1. The molecule has 0 aliphatic heterocycles. The summed E-state index contributed by atoms with van der Waals surface area (Å²) >= 11 is 0. The molecule has 0 aliphatic rings. The maximum atomic E-state index is 11.9. The van der Waals surface area contributed by atoms with Crippen molar-refractivity contribution in [2.75, 3.05) is 13.7 Å². The van der Waals surface area contributed by atoms with Gasteiger partial charge in [0, 0.05) is 12.7 Å². The minimum Gasteiger partial charge on any atom is -0.480 e. The van der Waals surface area contributed by atoms with Crippen LogP contribution in [0, 0.1) is 17.2 Å². The standard InChI is InChI=1S/C14H21N3O5/c1-9(2)6-11(14(20)21)17-13(19)10(7-15)8-16-5-4-12(18)22-3/h8-9,11,16H,4-6H2,1-3H3,(H,17,19)(H,20,21)/b10-8-. The van der Waals surface area contributed by atoms with Gasteiger partial charge in [0.25, 0.3) is 5.91 Å². The van der Waals surface area contributed by atoms with Gasteiger partial charge in [0.05, 0.1) is 13.5 Å². The number of carboxylic acids is 1. The average Bonchev–Trinajstić information content (AvgIpc) is 2.45. The Morgan fingerprint density at radius 2 is 2.00 bits per heavy atom. The van der Waals surface area contributed by atoms with Crippen molar-refractivity contribution >= 4 is 17.8 Å². The normalized spacial score (nSPS) is 12.2. The third-order valence-electron chi connectivity index (χ3n) is 2.62. The molecule has 122 valence electrons. The highest BCUT2D eigenvalue weighted by atomic mass is 16.5. The zero-order valence-corrected chi connectivity index (χ0v) is 12.9. The summed E-state index contributed by atoms with van der Waals surface area (Å²) in [6.07, 6.45) is 1.49. The van der Waals surface area contributed by atoms with Crippen LogP contribution in [0.4, 0.5) is 0 Å². The lowest BCUT2D eigenvalue weighted by Gasteiger charge is -2.16. The van der Waals surface area contributed by atoms with Crippen molar-refractivity contribution in [3.05, 3.63) is 11.8 Å². The van der Waals surface area contributed by atoms with Crippen molar-refractivity contribution in [1.82, 2.24) is 10.6 Å². The van der Waals surface area contributed by atoms with E-state index in [1.54, 1.807) is 6.07 Å². The van der Waals surface area contributed by atoms with Crippen molar-refractivity contribution in [3.8, 4) is 6.07 Å². The van der Waals surface area contributed by atoms with Crippen molar-refractivity contribution in [2.45, 2.75) is 32.7 Å². The zero-order valence-electron chi connectivity index (χ0n) is 12.9. The second-order valence-electron chi connectivity index (χ2n) is 4.94. The summed E-state index contributed by atoms with van der Waals surface area (Å²) in [6.45, 7) is 3.86. The van der Waals surface area contributed by atoms with Gasteiger partial charge in [-0.25, -0.2) is 4.79 Å². The van der Waals surface area contributed by atoms with E-state index >= 15 is 0 Å². The summed E-state index contributed by atoms with van der Waals surface area (Å²) in [7, 11) is 1.26. The van der Waals surface area contributed by atoms with Crippen molar-refractivity contribution in [1.29, 1.82) is 5.26 Å². The third-order valence-corrected chi connectivity index (χ3v) is 2.62. The number of nitrogens with one attached hydrogen (secondary N) is 2. The maximum Gasteiger partial charge on any atom is 0.326 e. The van der Waals surface area contributed by atoms with Gasteiger partial charge < -0.3 is 20.5 Å². The Balaban J connectivity index is 4.59. The van der Waals surface area contributed by atoms with E-state index in [0.717, 1.165) is 6.20 Å². The van der Waals surface area contributed by atoms with Crippen LogP contribution in [0.15, 0.2) is 11.8 Å². The van der Waals surface area contributed by atoms with Crippen LogP contribution >= 0.6 is 0 Å². The Bertz CT molecular complexity index is 479. The van der Waals surface area contributed by atoms with E-state index < -0.39 is 23.9 Å². The lowest BCUT2D eigenvalue weighted by molar-refractivity contribution is -0.142. The van der Waals surface area contributed by atoms with Crippen molar-refractivity contribution in [3.63, 3.8) is 0 Å². The van der Waals surface area contributed by atoms with E-state index in [1.165, 1.54) is 7.11 Å². The summed E-state index contributed by atoms with van der Waals surface area (Å²) in [5.41, 5.74) is -0.264. The second-order valence-corrected chi connectivity index (χ2v) is 4.94. The molecule has 0 fully saturated rings. The molecule has 8 heteroatoms. The van der Waals surface area contributed by atoms with Gasteiger partial charge >= 0.3 is 11.9 Å². The van der Waals surface area contributed by atoms with Crippen LogP contribution in [-0.2, 0) is 19.1 Å². The number of nitrogens with zero attached hydrogens (tertiary/aromatic N) is 1. The number of carbonyl (C=O) groups is 3. The molecule has 3 N–H and O–H groups in total. The second kappa shape index (κ2) is 10.2. The number of carboxylic acid groups (broad SMARTS) is 1. The molecular formula is C14H21N3O5. The number of esters is 1. The Hall–Kier alpha value is -2.56. The Morgan fingerprint density at radius 3 is 2.45 bits per heavy atom. The smallest absolute Gasteiger partial charge is 0.326 e. The van der Waals surface area contributed by atoms with Crippen LogP contribution in [-0.4, -0.2) is 42.6 Å². The molecule has 0 spiro atoms. The molecule has 0 aromatic rings. The number of carbonyl (C=O) groups excluding carboxylic acids is 2. The highest BCUT2D eigenvalue weighted by Crippen LogP contribution is 2.06. The molecule has 1 unspecified atom stereocenters. The Labute approximate surface area is 129 Å². The number of hydrogen-bond acceptors (Lipinski definition) is 6. The predicted octanol–water partition coefficient (Wildman–Crippen LogP) is 0.162. The molecule has 0 bridgehead atoms. The largest absolute Gasteiger partial charge is 0.480 e. The number of aliphatic carboxylic acids is 1. The van der Waals surface area contributed by atoms with Gasteiger partial charge in [-0.15, -0.1) is 0 Å². The fourth-order valence-electron chi connectivity index (χ4n) is 1.53. The molecule has 0 aromatic heterocycles. The third kappa shape index (κ3) is 7.89. The topological polar surface area (TPSA) is 129 Å². The number of amides is 1. The number of rotatable bonds is 9. The van der Waals surface area contributed by atoms with Gasteiger partial charge in [-0.3, -0.25) is 9.59 Å². The van der Waals surface area contributed by atoms with Crippen molar-refractivity contribution < 1.29 is 24.2 Å². The van der Waals surface area contributed by atoms with E-state index in [0.29, 0.717) is 0 Å². The highest BCUT2D eigenvalue weighted by Gasteiger charge is 2.22. The fourth-order valence-corrected chi connectivity index (χ4v) is 1.53. The minimum absolute atomic E-state index is 0.0779. The van der Waals surface area contributed by atoms with Gasteiger partial charge in [0.15, 0.2) is 0 Å². The first kappa shape index (κ1) is 19.4. The van der Waals surface area contributed by atoms with Crippen LogP contribution in [0.25, 0.3) is 0 Å². The Morgan fingerprint density at radius 1 is 1.36 bits per heavy atom. The van der Waals surface area contributed by atoms with Gasteiger partial charge in [0.2, 0.25) is 0 Å². The fraction of sp³-hybridized carbons (Fsp3) is 0.571. The van der Waals surface area contributed by atoms with E-state index in [9.17, 15) is 14.4 Å². The van der Waals surface area contributed by atoms with E-state index in [2.05, 4.69) is 15.4 Å². The monoisotopic (exact) mass is 311 g/mol. The van der Waals surface area contributed by atoms with Gasteiger partial charge in [-0.2, -0.15) is 5.26 Å². The first-order chi connectivity index (χ1) is 10.3. The molecule has 1 amide bonds. The summed E-state index contributed by atoms with van der Waals surface area (Å²) in [5.74, 6) is -2.28. The molecule has 22 heavy (non-hydrogen) atoms. The molecule has 0 radical (unpaired) electrons. The molecule has 8 nitrogen and oxygen atoms in total. The summed E-state index contributed by atoms with van der Waals surface area (Å²) in [4.78, 5) is 33.8. The lowest BCUT2D eigenvalue weighted by Crippen LogP contribution is -2.42. The molecule has 1 atom stereocenters. The van der Waals surface area contributed by atoms with Crippen LogP contribution in [0.5, 0.6) is 0 Å². The highest BCUT2D eigenvalue weighted by molar-refractivity contribution is 5.99. The van der Waals surface area contributed by atoms with Crippen LogP contribution in [0.1, 0.15) is 26.7 Å². The first-order valence-electron chi connectivity index (χ1n) is 6.75. The van der Waals surface area contributed by atoms with E-state index in [4.69, 9.17) is 10.4 Å². The number of nitriles is 1. The Kier molecular flexibility index (Phi) is 9.02. The van der Waals surface area contributed by atoms with E-state index in [1.807, 2.05) is 13.8 Å². The van der Waals surface area contributed by atoms with E-state index in [-0.39, 0.29) is 30.9 Å². The van der Waals surface area contributed by atoms with Gasteiger partial charge in [0.1, 0.15) is 17.7 Å². The van der Waals surface area contributed by atoms with Crippen LogP contribution < -0.4 is 10.6 Å². The quantitative estimate of drug-likeness (QED) is 0.239. The van der Waals surface area contributed by atoms with Crippen LogP contribution in [0.2, 0.25) is 0 Å². The maximum absolute atomic E-state index is 11.9. The SMILES string of the molecule is COC(=O)CCN/C=C(/C#N)C(=O)NC(CC(C)C)C(=O)O. The predicted molar refractivity (Wildman–Crippen MR) is 77.4 cm³/mol. The van der Waals surface area contributed by atoms with Gasteiger partial charge in [-0.05, 0) is 12.3 Å². The van der Waals surface area contributed by atoms with Gasteiger partial charge in [-0.1, -0.05) is 13.8 Å². The van der Waals surface area contributed by atoms with Crippen molar-refractivity contribution in [2.24, 2.45) is 5.92 Å². The molecule has 0 rings (SSSR count). The summed E-state index contributed by atoms with van der Waals surface area (Å²) in [5, 5.41) is 22.9. The number of ether oxygens (including phenoxy) is 1. The number of methoxy groups -OCH3 is 1. The molecule has 0 saturated carbocycles. The molecule has 0 saturated heterocycles. The molecule has 0 aromatic carbocycles. The van der Waals surface area contributed by atoms with Crippen LogP contribution in [0.3, 0.4) is 0 Å². The molecule has 0 heterocycles. The first-order valence-corrected chi connectivity index (χ1v) is 6.75. The summed E-state index contributed by atoms with van der Waals surface area (Å²) < 4.78 is 4.44.